The van der Waals surface area contributed by atoms with Gasteiger partial charge in [0.1, 0.15) is 97.5 Å². The van der Waals surface area contributed by atoms with Crippen LogP contribution in [0.25, 0.3) is 0 Å². The van der Waals surface area contributed by atoms with Gasteiger partial charge in [-0.05, 0) is 0 Å². The van der Waals surface area contributed by atoms with Gasteiger partial charge in [0.15, 0.2) is 55.9 Å². The minimum Gasteiger partial charge on any atom is -0.479 e. The Morgan fingerprint density at radius 3 is 1.17 bits per heavy atom. The summed E-state index contributed by atoms with van der Waals surface area (Å²) in [6.07, 6.45) is -56.6. The predicted molar refractivity (Wildman–Crippen MR) is 204 cm³/mol. The van der Waals surface area contributed by atoms with E-state index in [9.17, 15) is 120 Å². The molecule has 5 heterocycles. The number of aliphatic hydroxyl groups is 11. The van der Waals surface area contributed by atoms with Crippen LogP contribution in [0.2, 0.25) is 0 Å². The monoisotopic (exact) mass is 1110 g/mol. The summed E-state index contributed by atoms with van der Waals surface area (Å²) in [6, 6.07) is -5.00. The molecular formula is C30H48N2O36S3. The molecule has 412 valence electrons. The molecule has 0 aromatic rings. The van der Waals surface area contributed by atoms with Crippen LogP contribution in [-0.2, 0) is 92.2 Å². The first-order valence-corrected chi connectivity index (χ1v) is 24.0. The second kappa shape index (κ2) is 23.0. The van der Waals surface area contributed by atoms with Crippen LogP contribution in [0.5, 0.6) is 0 Å². The first-order chi connectivity index (χ1) is 32.7. The number of aliphatic carboxylic acids is 3. The molecular weight excluding hydrogens is 1060 g/mol. The maximum Gasteiger partial charge on any atom is 0.397 e. The first kappa shape index (κ1) is 59.1. The summed E-state index contributed by atoms with van der Waals surface area (Å²) in [5.74, 6) is -6.13. The Kier molecular flexibility index (Phi) is 19.1. The van der Waals surface area contributed by atoms with Gasteiger partial charge in [-0.1, -0.05) is 0 Å². The van der Waals surface area contributed by atoms with E-state index in [1.165, 1.54) is 9.44 Å². The second-order valence-electron chi connectivity index (χ2n) is 15.8. The van der Waals surface area contributed by atoms with Gasteiger partial charge in [0.2, 0.25) is 0 Å². The quantitative estimate of drug-likeness (QED) is 0.0534. The lowest BCUT2D eigenvalue weighted by Gasteiger charge is -2.50. The van der Waals surface area contributed by atoms with Gasteiger partial charge in [-0.25, -0.2) is 18.6 Å². The van der Waals surface area contributed by atoms with E-state index in [0.717, 1.165) is 0 Å². The van der Waals surface area contributed by atoms with Crippen LogP contribution in [-0.4, -0.2) is 295 Å². The SMILES string of the molecule is O=C(O)[C@@H]1O[C@@H](O[C@H]2[C@H](O)[C@@H](NS(=O)(=O)O)[C@H](O[C@H]3[C@H](O)[C@@H](O)[C@H](O[C@H]4[C@H](O)[C@@H](NS(=O)(=O)O)[C@@H](O[C@H]5[C@H](O)[C@@H](OS(=O)(=O)O)[C@H](O)O[C@H]5C(=O)O)O[C@@H]4CO)O[C@H]3C(=O)O)O[C@@H]2CO)[C@H](O)[C@@H](O)[C@@H]1O. The Morgan fingerprint density at radius 1 is 0.423 bits per heavy atom. The molecule has 41 heteroatoms. The summed E-state index contributed by atoms with van der Waals surface area (Å²) in [7, 11) is -16.6. The average molecular weight is 1110 g/mol. The third-order valence-corrected chi connectivity index (χ3v) is 12.7. The van der Waals surface area contributed by atoms with Crippen molar-refractivity contribution in [2.24, 2.45) is 0 Å². The Hall–Kier alpha value is -2.78. The number of aliphatic hydroxyl groups excluding tert-OH is 11. The number of hydrogen-bond acceptors (Lipinski definition) is 30. The predicted octanol–water partition coefficient (Wildman–Crippen LogP) is -13.0. The van der Waals surface area contributed by atoms with Crippen LogP contribution in [0.4, 0.5) is 0 Å². The molecule has 0 radical (unpaired) electrons. The molecule has 71 heavy (non-hydrogen) atoms. The van der Waals surface area contributed by atoms with Crippen LogP contribution in [0.3, 0.4) is 0 Å². The van der Waals surface area contributed by atoms with Gasteiger partial charge in [0.25, 0.3) is 0 Å². The van der Waals surface area contributed by atoms with Crippen molar-refractivity contribution in [3.05, 3.63) is 0 Å². The van der Waals surface area contributed by atoms with E-state index in [0.29, 0.717) is 0 Å². The van der Waals surface area contributed by atoms with Gasteiger partial charge in [-0.2, -0.15) is 34.7 Å². The standard InChI is InChI=1S/C30H48N2O36S3/c33-1-3-15(62-29-12(40)9(37)10(38)19(66-29)23(43)44)7(35)5(31-69(50,51)52)27(59-3)64-17-11(39)13(41)30(67-22(17)25(47)48)63-16-4(2-34)60-28(6(8(16)36)32-70(53,54)55)65-18-14(42)20(68-71(56,57)58)26(49)61-21(18)24(45)46/h3-22,26-42,49H,1-2H2,(H,43,44)(H,45,46)(H,47,48)(H,50,51,52)(H,53,54,55)(H,56,57,58)/t3-,4-,5-,6-,7-,8-,9+,10+,11-,12-,13-,14+,15-,16-,17+,18+,19-,20-,21-,22-,26-,27+,28-,29-,30-/m1/s1. The fraction of sp³-hybridized carbons (Fsp3) is 0.900. The molecule has 5 rings (SSSR count). The molecule has 0 spiro atoms. The summed E-state index contributed by atoms with van der Waals surface area (Å²) < 4.78 is 154. The van der Waals surface area contributed by atoms with Crippen LogP contribution >= 0.6 is 0 Å². The second-order valence-corrected chi connectivity index (χ2v) is 19.2. The zero-order valence-electron chi connectivity index (χ0n) is 34.9. The van der Waals surface area contributed by atoms with Gasteiger partial charge in [-0.3, -0.25) is 13.7 Å². The minimum absolute atomic E-state index is 1.29. The summed E-state index contributed by atoms with van der Waals surface area (Å²) >= 11 is 0. The highest BCUT2D eigenvalue weighted by Crippen LogP contribution is 2.36. The zero-order chi connectivity index (χ0) is 53.6. The van der Waals surface area contributed by atoms with E-state index in [4.69, 9.17) is 47.2 Å². The summed E-state index contributed by atoms with van der Waals surface area (Å²) in [5, 5.41) is 146. The lowest BCUT2D eigenvalue weighted by atomic mass is 9.94. The topological polar surface area (TPSA) is 614 Å². The Morgan fingerprint density at radius 2 is 0.789 bits per heavy atom. The van der Waals surface area contributed by atoms with Crippen molar-refractivity contribution in [2.45, 2.75) is 153 Å². The number of nitrogens with one attached hydrogen (secondary N) is 2. The van der Waals surface area contributed by atoms with E-state index in [2.05, 4.69) is 4.18 Å². The fourth-order valence-corrected chi connectivity index (χ4v) is 9.50. The van der Waals surface area contributed by atoms with Gasteiger partial charge in [0, 0.05) is 0 Å². The van der Waals surface area contributed by atoms with Crippen LogP contribution in [0.1, 0.15) is 0 Å². The number of carboxylic acids is 3. The highest BCUT2D eigenvalue weighted by molar-refractivity contribution is 7.84. The van der Waals surface area contributed by atoms with E-state index < -0.39 is 216 Å². The number of ether oxygens (including phenoxy) is 9. The molecule has 0 saturated carbocycles. The van der Waals surface area contributed by atoms with Crippen LogP contribution in [0.15, 0.2) is 0 Å². The largest absolute Gasteiger partial charge is 0.479 e. The smallest absolute Gasteiger partial charge is 0.397 e. The molecule has 5 aliphatic rings. The molecule has 0 aromatic carbocycles. The highest BCUT2D eigenvalue weighted by Gasteiger charge is 2.59. The summed E-state index contributed by atoms with van der Waals surface area (Å²) in [5.41, 5.74) is 0. The Labute approximate surface area is 395 Å². The van der Waals surface area contributed by atoms with E-state index in [-0.39, 0.29) is 0 Å². The van der Waals surface area contributed by atoms with Crippen molar-refractivity contribution >= 4 is 48.9 Å². The zero-order valence-corrected chi connectivity index (χ0v) is 37.4. The van der Waals surface area contributed by atoms with Crippen molar-refractivity contribution in [3.8, 4) is 0 Å². The Bertz CT molecular complexity index is 2210. The fourth-order valence-electron chi connectivity index (χ4n) is 7.82. The third kappa shape index (κ3) is 13.7. The third-order valence-electron chi connectivity index (χ3n) is 11.1. The number of carbonyl (C=O) groups is 3. The Balaban J connectivity index is 1.39. The van der Waals surface area contributed by atoms with E-state index >= 15 is 0 Å². The highest BCUT2D eigenvalue weighted by atomic mass is 32.3. The van der Waals surface area contributed by atoms with E-state index in [1.54, 1.807) is 0 Å². The average Bonchev–Trinajstić information content (AvgIpc) is 3.25. The maximum atomic E-state index is 12.6. The molecule has 5 saturated heterocycles. The normalized spacial score (nSPS) is 45.0. The van der Waals surface area contributed by atoms with Crippen molar-refractivity contribution < 1.29 is 172 Å². The molecule has 5 fully saturated rings. The molecule has 0 aromatic heterocycles. The maximum absolute atomic E-state index is 12.6. The van der Waals surface area contributed by atoms with Gasteiger partial charge >= 0.3 is 48.9 Å². The van der Waals surface area contributed by atoms with Crippen molar-refractivity contribution in [3.63, 3.8) is 0 Å². The number of carboxylic acid groups (broad SMARTS) is 3. The first-order valence-electron chi connectivity index (χ1n) is 19.8. The minimum atomic E-state index is -5.57. The lowest BCUT2D eigenvalue weighted by Crippen LogP contribution is -2.71. The van der Waals surface area contributed by atoms with Crippen molar-refractivity contribution in [2.75, 3.05) is 13.2 Å². The molecule has 0 amide bonds. The number of rotatable bonds is 19. The molecule has 19 N–H and O–H groups in total. The molecule has 25 atom stereocenters. The van der Waals surface area contributed by atoms with Crippen LogP contribution < -0.4 is 9.44 Å². The van der Waals surface area contributed by atoms with E-state index in [1.807, 2.05) is 0 Å². The molecule has 0 aliphatic carbocycles. The van der Waals surface area contributed by atoms with Crippen LogP contribution in [0, 0.1) is 0 Å². The summed E-state index contributed by atoms with van der Waals surface area (Å²) in [4.78, 5) is 36.2. The van der Waals surface area contributed by atoms with Gasteiger partial charge < -0.3 is 114 Å². The molecule has 38 nitrogen and oxygen atoms in total. The lowest BCUT2D eigenvalue weighted by molar-refractivity contribution is -0.375. The van der Waals surface area contributed by atoms with Crippen molar-refractivity contribution in [1.82, 2.24) is 9.44 Å². The van der Waals surface area contributed by atoms with Gasteiger partial charge in [0.05, 0.1) is 13.2 Å². The van der Waals surface area contributed by atoms with Crippen molar-refractivity contribution in [1.29, 1.82) is 0 Å². The molecule has 0 unspecified atom stereocenters. The number of hydrogen-bond donors (Lipinski definition) is 19. The molecule has 0 bridgehead atoms. The molecule has 5 aliphatic heterocycles. The van der Waals surface area contributed by atoms with Gasteiger partial charge in [-0.15, -0.1) is 0 Å². The summed E-state index contributed by atoms with van der Waals surface area (Å²) in [6.45, 7) is -2.67.